The number of likely N-dealkylation sites (N-methyl/N-ethyl adjacent to an activating group) is 1. The number of amides is 1. The molecule has 35 heavy (non-hydrogen) atoms. The first kappa shape index (κ1) is 27.6. The highest BCUT2D eigenvalue weighted by Crippen LogP contribution is 2.19. The summed E-state index contributed by atoms with van der Waals surface area (Å²) in [7, 11) is 1.47. The molecule has 8 heteroatoms. The summed E-state index contributed by atoms with van der Waals surface area (Å²) in [6, 6.07) is 7.41. The monoisotopic (exact) mass is 484 g/mol. The van der Waals surface area contributed by atoms with Gasteiger partial charge in [0.15, 0.2) is 12.1 Å². The molecule has 1 amide bonds. The van der Waals surface area contributed by atoms with Gasteiger partial charge in [0.25, 0.3) is 5.91 Å². The Morgan fingerprint density at radius 3 is 2.37 bits per heavy atom. The van der Waals surface area contributed by atoms with Gasteiger partial charge >= 0.3 is 0 Å². The summed E-state index contributed by atoms with van der Waals surface area (Å²) in [6.45, 7) is 3.48. The van der Waals surface area contributed by atoms with Crippen LogP contribution in [-0.4, -0.2) is 42.3 Å². The summed E-state index contributed by atoms with van der Waals surface area (Å²) in [6.07, 6.45) is 4.44. The maximum absolute atomic E-state index is 13.6. The van der Waals surface area contributed by atoms with Gasteiger partial charge in [-0.25, -0.2) is 8.78 Å². The zero-order valence-electron chi connectivity index (χ0n) is 20.1. The Hall–Kier alpha value is -3.68. The largest absolute Gasteiger partial charge is 0.384 e. The highest BCUT2D eigenvalue weighted by molar-refractivity contribution is 6.03. The van der Waals surface area contributed by atoms with Gasteiger partial charge < -0.3 is 15.0 Å². The third-order valence-corrected chi connectivity index (χ3v) is 5.63. The third-order valence-electron chi connectivity index (χ3n) is 5.63. The summed E-state index contributed by atoms with van der Waals surface area (Å²) in [5.41, 5.74) is 2.06. The molecule has 0 saturated carbocycles. The molecule has 2 rings (SSSR count). The molecule has 0 heterocycles. The molecule has 0 aliphatic heterocycles. The van der Waals surface area contributed by atoms with E-state index in [-0.39, 0.29) is 42.7 Å². The Kier molecular flexibility index (Phi) is 10.5. The minimum atomic E-state index is -0.778. The summed E-state index contributed by atoms with van der Waals surface area (Å²) >= 11 is 0. The van der Waals surface area contributed by atoms with Crippen molar-refractivity contribution in [2.45, 2.75) is 52.1 Å². The van der Waals surface area contributed by atoms with E-state index in [4.69, 9.17) is 0 Å². The molecular weight excluding hydrogens is 454 g/mol. The van der Waals surface area contributed by atoms with Crippen LogP contribution in [0.4, 0.5) is 8.78 Å². The Balaban J connectivity index is 2.26. The van der Waals surface area contributed by atoms with E-state index < -0.39 is 23.6 Å². The molecule has 1 N–H and O–H groups in total. The first-order valence-electron chi connectivity index (χ1n) is 11.4. The van der Waals surface area contributed by atoms with Crippen molar-refractivity contribution in [2.24, 2.45) is 0 Å². The number of benzene rings is 2. The second-order valence-corrected chi connectivity index (χ2v) is 8.23. The highest BCUT2D eigenvalue weighted by atomic mass is 19.1. The lowest BCUT2D eigenvalue weighted by atomic mass is 9.99. The summed E-state index contributed by atoms with van der Waals surface area (Å²) in [5, 5.41) is 3.20. The minimum Gasteiger partial charge on any atom is -0.384 e. The molecule has 186 valence electrons. The zero-order valence-corrected chi connectivity index (χ0v) is 20.1. The van der Waals surface area contributed by atoms with Crippen LogP contribution in [0.1, 0.15) is 65.0 Å². The number of ketones is 1. The van der Waals surface area contributed by atoms with Crippen LogP contribution in [0, 0.1) is 11.6 Å². The van der Waals surface area contributed by atoms with Gasteiger partial charge in [0.2, 0.25) is 0 Å². The van der Waals surface area contributed by atoms with Crippen LogP contribution in [0.5, 0.6) is 0 Å². The smallest absolute Gasteiger partial charge is 0.254 e. The lowest BCUT2D eigenvalue weighted by Crippen LogP contribution is -2.42. The number of nitrogens with zero attached hydrogens (tertiary/aromatic N) is 1. The van der Waals surface area contributed by atoms with E-state index in [0.717, 1.165) is 6.07 Å². The van der Waals surface area contributed by atoms with Gasteiger partial charge in [-0.2, -0.15) is 0 Å². The predicted octanol–water partition coefficient (Wildman–Crippen LogP) is 4.41. The van der Waals surface area contributed by atoms with Crippen LogP contribution < -0.4 is 5.32 Å². The fraction of sp³-hybridized carbons (Fsp3) is 0.333. The first-order valence-corrected chi connectivity index (χ1v) is 11.4. The normalized spacial score (nSPS) is 12.1. The topological polar surface area (TPSA) is 83.6 Å². The number of hydrogen-bond donors (Lipinski definition) is 1. The van der Waals surface area contributed by atoms with Crippen LogP contribution in [0.2, 0.25) is 0 Å². The van der Waals surface area contributed by atoms with E-state index in [1.54, 1.807) is 12.1 Å². The number of nitrogens with one attached hydrogen (secondary N) is 1. The van der Waals surface area contributed by atoms with E-state index in [2.05, 4.69) is 5.32 Å². The standard InChI is InChI=1S/C27H30F2N2O4/c1-4-7-23(14-19-12-21(28)15-22(29)13-19)30-16-20-8-5-9-24(25(20)17-33)27(35)31(3)26(18(2)34)10-6-11-32/h5,7-9,11-13,15,17,26,30H,4,6,10,14,16H2,1-3H3. The van der Waals surface area contributed by atoms with Crippen molar-refractivity contribution >= 4 is 24.3 Å². The molecule has 0 spiro atoms. The molecule has 1 atom stereocenters. The van der Waals surface area contributed by atoms with E-state index in [9.17, 15) is 28.0 Å². The lowest BCUT2D eigenvalue weighted by Gasteiger charge is -2.26. The first-order chi connectivity index (χ1) is 16.7. The van der Waals surface area contributed by atoms with Crippen LogP contribution in [0.25, 0.3) is 0 Å². The third kappa shape index (κ3) is 7.67. The molecule has 1 unspecified atom stereocenters. The van der Waals surface area contributed by atoms with Crippen molar-refractivity contribution in [3.63, 3.8) is 0 Å². The molecule has 2 aromatic rings. The van der Waals surface area contributed by atoms with Gasteiger partial charge in [-0.3, -0.25) is 14.4 Å². The van der Waals surface area contributed by atoms with Gasteiger partial charge in [-0.1, -0.05) is 25.1 Å². The molecule has 2 aromatic carbocycles. The second-order valence-electron chi connectivity index (χ2n) is 8.23. The number of rotatable bonds is 13. The van der Waals surface area contributed by atoms with E-state index in [1.807, 2.05) is 13.0 Å². The molecule has 0 radical (unpaired) electrons. The summed E-state index contributed by atoms with van der Waals surface area (Å²) in [4.78, 5) is 49.2. The quantitative estimate of drug-likeness (QED) is 0.426. The van der Waals surface area contributed by atoms with Crippen molar-refractivity contribution in [2.75, 3.05) is 7.05 Å². The van der Waals surface area contributed by atoms with Gasteiger partial charge in [0, 0.05) is 43.8 Å². The highest BCUT2D eigenvalue weighted by Gasteiger charge is 2.26. The van der Waals surface area contributed by atoms with Gasteiger partial charge in [-0.05, 0) is 49.1 Å². The van der Waals surface area contributed by atoms with Crippen molar-refractivity contribution < 1.29 is 28.0 Å². The van der Waals surface area contributed by atoms with E-state index in [0.29, 0.717) is 35.8 Å². The van der Waals surface area contributed by atoms with Gasteiger partial charge in [-0.15, -0.1) is 0 Å². The van der Waals surface area contributed by atoms with E-state index in [1.165, 1.54) is 37.1 Å². The second kappa shape index (κ2) is 13.3. The average Bonchev–Trinajstić information content (AvgIpc) is 2.81. The number of carbonyl (C=O) groups is 4. The number of halogens is 2. The van der Waals surface area contributed by atoms with Gasteiger partial charge in [0.05, 0.1) is 11.6 Å². The fourth-order valence-electron chi connectivity index (χ4n) is 3.91. The molecule has 0 aliphatic rings. The summed E-state index contributed by atoms with van der Waals surface area (Å²) in [5.74, 6) is -2.08. The number of hydrogen-bond acceptors (Lipinski definition) is 5. The predicted molar refractivity (Wildman–Crippen MR) is 129 cm³/mol. The number of allylic oxidation sites excluding steroid dienone is 2. The Morgan fingerprint density at radius 1 is 1.11 bits per heavy atom. The average molecular weight is 485 g/mol. The van der Waals surface area contributed by atoms with E-state index >= 15 is 0 Å². The van der Waals surface area contributed by atoms with Gasteiger partial charge in [0.1, 0.15) is 17.9 Å². The molecule has 6 nitrogen and oxygen atoms in total. The number of carbonyl (C=O) groups excluding carboxylic acids is 4. The van der Waals surface area contributed by atoms with Crippen LogP contribution in [0.3, 0.4) is 0 Å². The van der Waals surface area contributed by atoms with Crippen molar-refractivity contribution in [1.29, 1.82) is 0 Å². The molecule has 0 bridgehead atoms. The molecule has 0 fully saturated rings. The molecule has 0 aliphatic carbocycles. The van der Waals surface area contributed by atoms with Crippen molar-refractivity contribution in [1.82, 2.24) is 10.2 Å². The molecule has 0 saturated heterocycles. The molecule has 0 aromatic heterocycles. The Bertz CT molecular complexity index is 1090. The maximum atomic E-state index is 13.6. The lowest BCUT2D eigenvalue weighted by molar-refractivity contribution is -0.121. The van der Waals surface area contributed by atoms with Crippen LogP contribution in [-0.2, 0) is 22.6 Å². The molecular formula is C27H30F2N2O4. The van der Waals surface area contributed by atoms with Crippen molar-refractivity contribution in [3.8, 4) is 0 Å². The zero-order chi connectivity index (χ0) is 26.0. The minimum absolute atomic E-state index is 0.133. The fourth-order valence-corrected chi connectivity index (χ4v) is 3.91. The van der Waals surface area contributed by atoms with Crippen LogP contribution in [0.15, 0.2) is 48.2 Å². The van der Waals surface area contributed by atoms with Crippen LogP contribution >= 0.6 is 0 Å². The Labute approximate surface area is 204 Å². The summed E-state index contributed by atoms with van der Waals surface area (Å²) < 4.78 is 27.2. The Morgan fingerprint density at radius 2 is 1.80 bits per heavy atom. The SMILES string of the molecule is CCC=C(Cc1cc(F)cc(F)c1)NCc1cccc(C(=O)N(C)C(CCC=O)C(C)=O)c1C=O. The number of aldehydes is 2. The maximum Gasteiger partial charge on any atom is 0.254 e. The number of Topliss-reactive ketones (excluding diaryl/α,β-unsaturated/α-hetero) is 1. The van der Waals surface area contributed by atoms with Crippen molar-refractivity contribution in [3.05, 3.63) is 82.1 Å².